The van der Waals surface area contributed by atoms with Gasteiger partial charge in [-0.05, 0) is 110 Å². The van der Waals surface area contributed by atoms with Crippen LogP contribution >= 0.6 is 0 Å². The number of hydrogen-bond acceptors (Lipinski definition) is 3. The Morgan fingerprint density at radius 1 is 0.321 bits per heavy atom. The molecule has 0 amide bonds. The fraction of sp³-hybridized carbons (Fsp3) is 0.0200. The van der Waals surface area contributed by atoms with Crippen molar-refractivity contribution in [1.82, 2.24) is 15.0 Å². The second-order valence-electron chi connectivity index (χ2n) is 13.7. The Balaban J connectivity index is 1.25. The van der Waals surface area contributed by atoms with E-state index in [0.717, 1.165) is 61.7 Å². The molecule has 2 heterocycles. The van der Waals surface area contributed by atoms with E-state index >= 15 is 0 Å². The molecule has 3 heteroatoms. The summed E-state index contributed by atoms with van der Waals surface area (Å²) in [4.78, 5) is 15.4. The fourth-order valence-corrected chi connectivity index (χ4v) is 7.73. The van der Waals surface area contributed by atoms with Gasteiger partial charge in [-0.25, -0.2) is 9.97 Å². The summed E-state index contributed by atoms with van der Waals surface area (Å²) >= 11 is 0. The monoisotopic (exact) mass is 675 g/mol. The maximum Gasteiger partial charge on any atom is 0.160 e. The molecule has 0 aliphatic rings. The predicted molar refractivity (Wildman–Crippen MR) is 221 cm³/mol. The van der Waals surface area contributed by atoms with E-state index in [1.807, 2.05) is 25.1 Å². The fourth-order valence-electron chi connectivity index (χ4n) is 7.73. The number of nitrogens with zero attached hydrogens (tertiary/aromatic N) is 3. The van der Waals surface area contributed by atoms with E-state index in [9.17, 15) is 0 Å². The molecule has 0 radical (unpaired) electrons. The van der Waals surface area contributed by atoms with Gasteiger partial charge in [-0.3, -0.25) is 4.98 Å². The van der Waals surface area contributed by atoms with Gasteiger partial charge in [0.15, 0.2) is 5.82 Å². The SMILES string of the molecule is Cc1cccc(-c2cccc(-c3cc(-c4nc(-c5ccccc5)cc(-c5ccccc5)n4)cc(-c4cc5cccc6ccc7cccc4c7c65)c3)c2)n1. The highest BCUT2D eigenvalue weighted by molar-refractivity contribution is 6.26. The number of aromatic nitrogens is 3. The van der Waals surface area contributed by atoms with Gasteiger partial charge in [0.1, 0.15) is 0 Å². The summed E-state index contributed by atoms with van der Waals surface area (Å²) in [6, 6.07) is 64.7. The summed E-state index contributed by atoms with van der Waals surface area (Å²) < 4.78 is 0. The van der Waals surface area contributed by atoms with Crippen molar-refractivity contribution in [3.8, 4) is 67.4 Å². The van der Waals surface area contributed by atoms with E-state index in [2.05, 4.69) is 164 Å². The molecular formula is C50H33N3. The quantitative estimate of drug-likeness (QED) is 0.165. The summed E-state index contributed by atoms with van der Waals surface area (Å²) in [5, 5.41) is 7.57. The van der Waals surface area contributed by atoms with Gasteiger partial charge in [0.2, 0.25) is 0 Å². The third-order valence-electron chi connectivity index (χ3n) is 10.3. The van der Waals surface area contributed by atoms with Crippen molar-refractivity contribution in [3.63, 3.8) is 0 Å². The first kappa shape index (κ1) is 30.8. The Bertz CT molecular complexity index is 2890. The molecule has 0 aliphatic heterocycles. The molecule has 0 N–H and O–H groups in total. The minimum atomic E-state index is 0.682. The molecule has 53 heavy (non-hydrogen) atoms. The summed E-state index contributed by atoms with van der Waals surface area (Å²) in [5.74, 6) is 0.682. The van der Waals surface area contributed by atoms with Crippen LogP contribution in [0.4, 0.5) is 0 Å². The highest BCUT2D eigenvalue weighted by atomic mass is 14.9. The average molecular weight is 676 g/mol. The van der Waals surface area contributed by atoms with Crippen LogP contribution in [0.2, 0.25) is 0 Å². The average Bonchev–Trinajstić information content (AvgIpc) is 3.23. The topological polar surface area (TPSA) is 38.7 Å². The standard InChI is InChI=1S/C50H33N3/c1-32-12-8-23-45(51-32)38-20-10-19-37(26-38)40-27-41(44-30-39-21-9-17-35-24-25-36-18-11-22-43(44)49(36)48(35)39)29-42(28-40)50-52-46(33-13-4-2-5-14-33)31-47(53-50)34-15-6-3-7-16-34/h2-31H,1H3. The van der Waals surface area contributed by atoms with Crippen LogP contribution in [0.1, 0.15) is 5.69 Å². The predicted octanol–water partition coefficient (Wildman–Crippen LogP) is 13.1. The highest BCUT2D eigenvalue weighted by Crippen LogP contribution is 2.42. The van der Waals surface area contributed by atoms with Crippen LogP contribution < -0.4 is 0 Å². The minimum absolute atomic E-state index is 0.682. The normalized spacial score (nSPS) is 11.5. The summed E-state index contributed by atoms with van der Waals surface area (Å²) in [5.41, 5.74) is 12.4. The first-order valence-corrected chi connectivity index (χ1v) is 18.0. The van der Waals surface area contributed by atoms with Crippen molar-refractivity contribution in [3.05, 3.63) is 188 Å². The Labute approximate surface area is 308 Å². The lowest BCUT2D eigenvalue weighted by molar-refractivity contribution is 1.18. The van der Waals surface area contributed by atoms with E-state index < -0.39 is 0 Å². The Morgan fingerprint density at radius 2 is 0.887 bits per heavy atom. The number of hydrogen-bond donors (Lipinski definition) is 0. The lowest BCUT2D eigenvalue weighted by Crippen LogP contribution is -1.97. The van der Waals surface area contributed by atoms with Gasteiger partial charge >= 0.3 is 0 Å². The Hall–Kier alpha value is -6.97. The van der Waals surface area contributed by atoms with Gasteiger partial charge in [0.05, 0.1) is 17.1 Å². The van der Waals surface area contributed by atoms with E-state index in [1.165, 1.54) is 37.9 Å². The van der Waals surface area contributed by atoms with Crippen molar-refractivity contribution in [1.29, 1.82) is 0 Å². The number of pyridine rings is 1. The number of aryl methyl sites for hydroxylation is 1. The van der Waals surface area contributed by atoms with Crippen LogP contribution in [-0.2, 0) is 0 Å². The van der Waals surface area contributed by atoms with Gasteiger partial charge in [-0.2, -0.15) is 0 Å². The lowest BCUT2D eigenvalue weighted by Gasteiger charge is -2.17. The van der Waals surface area contributed by atoms with Crippen molar-refractivity contribution in [2.45, 2.75) is 6.92 Å². The molecule has 0 aliphatic carbocycles. The zero-order valence-corrected chi connectivity index (χ0v) is 29.2. The van der Waals surface area contributed by atoms with E-state index in [0.29, 0.717) is 5.82 Å². The van der Waals surface area contributed by atoms with Crippen LogP contribution in [0.3, 0.4) is 0 Å². The van der Waals surface area contributed by atoms with Crippen LogP contribution in [0, 0.1) is 6.92 Å². The molecule has 0 saturated carbocycles. The molecule has 2 aromatic heterocycles. The van der Waals surface area contributed by atoms with Crippen molar-refractivity contribution in [2.75, 3.05) is 0 Å². The number of benzene rings is 8. The van der Waals surface area contributed by atoms with E-state index in [1.54, 1.807) is 0 Å². The molecule has 0 fully saturated rings. The summed E-state index contributed by atoms with van der Waals surface area (Å²) in [7, 11) is 0. The molecule has 0 unspecified atom stereocenters. The second-order valence-corrected chi connectivity index (χ2v) is 13.7. The first-order valence-electron chi connectivity index (χ1n) is 18.0. The lowest BCUT2D eigenvalue weighted by atomic mass is 9.87. The maximum absolute atomic E-state index is 5.26. The third-order valence-corrected chi connectivity index (χ3v) is 10.3. The van der Waals surface area contributed by atoms with E-state index in [-0.39, 0.29) is 0 Å². The molecule has 248 valence electrons. The van der Waals surface area contributed by atoms with Crippen molar-refractivity contribution in [2.24, 2.45) is 0 Å². The Kier molecular flexibility index (Phi) is 7.36. The molecule has 0 atom stereocenters. The second kappa shape index (κ2) is 12.7. The summed E-state index contributed by atoms with van der Waals surface area (Å²) in [6.45, 7) is 2.04. The van der Waals surface area contributed by atoms with Gasteiger partial charge in [-0.15, -0.1) is 0 Å². The van der Waals surface area contributed by atoms with E-state index in [4.69, 9.17) is 15.0 Å². The molecule has 3 nitrogen and oxygen atoms in total. The minimum Gasteiger partial charge on any atom is -0.253 e. The molecule has 0 spiro atoms. The third kappa shape index (κ3) is 5.60. The maximum atomic E-state index is 5.26. The molecule has 10 aromatic rings. The zero-order chi connectivity index (χ0) is 35.3. The first-order chi connectivity index (χ1) is 26.1. The molecule has 8 aromatic carbocycles. The highest BCUT2D eigenvalue weighted by Gasteiger charge is 2.17. The van der Waals surface area contributed by atoms with Gasteiger partial charge in [0.25, 0.3) is 0 Å². The van der Waals surface area contributed by atoms with Crippen LogP contribution in [0.25, 0.3) is 99.7 Å². The van der Waals surface area contributed by atoms with Crippen LogP contribution in [0.15, 0.2) is 182 Å². The van der Waals surface area contributed by atoms with Gasteiger partial charge in [0, 0.05) is 27.9 Å². The molecular weight excluding hydrogens is 643 g/mol. The smallest absolute Gasteiger partial charge is 0.160 e. The van der Waals surface area contributed by atoms with Gasteiger partial charge < -0.3 is 0 Å². The zero-order valence-electron chi connectivity index (χ0n) is 29.2. The largest absolute Gasteiger partial charge is 0.253 e. The van der Waals surface area contributed by atoms with Crippen molar-refractivity contribution < 1.29 is 0 Å². The molecule has 0 bridgehead atoms. The van der Waals surface area contributed by atoms with Gasteiger partial charge in [-0.1, -0.05) is 133 Å². The van der Waals surface area contributed by atoms with Crippen molar-refractivity contribution >= 4 is 32.3 Å². The van der Waals surface area contributed by atoms with Crippen LogP contribution in [-0.4, -0.2) is 15.0 Å². The summed E-state index contributed by atoms with van der Waals surface area (Å²) in [6.07, 6.45) is 0. The molecule has 10 rings (SSSR count). The number of rotatable bonds is 6. The van der Waals surface area contributed by atoms with Crippen LogP contribution in [0.5, 0.6) is 0 Å². The Morgan fingerprint density at radius 3 is 1.62 bits per heavy atom. The molecule has 0 saturated heterocycles.